The molecule has 98 valence electrons. The molecule has 3 aromatic rings. The van der Waals surface area contributed by atoms with Crippen LogP contribution in [0.3, 0.4) is 0 Å². The third-order valence-electron chi connectivity index (χ3n) is 3.69. The van der Waals surface area contributed by atoms with Gasteiger partial charge in [-0.15, -0.1) is 0 Å². The number of benzene rings is 2. The van der Waals surface area contributed by atoms with E-state index in [0.717, 1.165) is 22.8 Å². The van der Waals surface area contributed by atoms with Gasteiger partial charge in [-0.1, -0.05) is 30.3 Å². The molecule has 0 atom stereocenters. The number of halogens is 3. The first-order valence-electron chi connectivity index (χ1n) is 6.16. The number of hydrogen-bond donors (Lipinski definition) is 0. The number of pyridine rings is 1. The van der Waals surface area contributed by atoms with Crippen LogP contribution in [0.1, 0.15) is 5.56 Å². The Bertz CT molecular complexity index is 850. The van der Waals surface area contributed by atoms with Crippen molar-refractivity contribution in [2.45, 2.75) is 6.18 Å². The number of rotatable bonds is 0. The Labute approximate surface area is 112 Å². The maximum Gasteiger partial charge on any atom is 0.417 e. The molecule has 0 radical (unpaired) electrons. The highest BCUT2D eigenvalue weighted by atomic mass is 19.4. The Kier molecular flexibility index (Phi) is 2.06. The highest BCUT2D eigenvalue weighted by molar-refractivity contribution is 6.14. The summed E-state index contributed by atoms with van der Waals surface area (Å²) in [5, 5.41) is 0.205. The zero-order chi connectivity index (χ0) is 13.9. The van der Waals surface area contributed by atoms with Gasteiger partial charge in [-0.2, -0.15) is 13.2 Å². The Morgan fingerprint density at radius 1 is 0.800 bits per heavy atom. The zero-order valence-electron chi connectivity index (χ0n) is 10.2. The van der Waals surface area contributed by atoms with E-state index in [0.29, 0.717) is 11.1 Å². The molecule has 0 fully saturated rings. The molecular formula is C16H8F3N. The summed E-state index contributed by atoms with van der Waals surface area (Å²) in [6, 6.07) is 11.6. The first-order chi connectivity index (χ1) is 9.57. The second-order valence-electron chi connectivity index (χ2n) is 4.79. The van der Waals surface area contributed by atoms with Crippen LogP contribution >= 0.6 is 0 Å². The topological polar surface area (TPSA) is 12.9 Å². The number of hydrogen-bond acceptors (Lipinski definition) is 1. The van der Waals surface area contributed by atoms with E-state index < -0.39 is 11.7 Å². The van der Waals surface area contributed by atoms with Crippen molar-refractivity contribution < 1.29 is 13.2 Å². The molecule has 4 rings (SSSR count). The van der Waals surface area contributed by atoms with Crippen LogP contribution in [0.25, 0.3) is 33.2 Å². The Hall–Kier alpha value is -2.36. The summed E-state index contributed by atoms with van der Waals surface area (Å²) in [6.07, 6.45) is -2.72. The van der Waals surface area contributed by atoms with Gasteiger partial charge in [-0.3, -0.25) is 4.98 Å². The van der Waals surface area contributed by atoms with Crippen LogP contribution in [0.15, 0.2) is 48.7 Å². The molecule has 4 heteroatoms. The van der Waals surface area contributed by atoms with Crippen LogP contribution < -0.4 is 0 Å². The molecule has 0 saturated heterocycles. The zero-order valence-corrected chi connectivity index (χ0v) is 10.2. The summed E-state index contributed by atoms with van der Waals surface area (Å²) >= 11 is 0. The van der Waals surface area contributed by atoms with E-state index in [-0.39, 0.29) is 5.39 Å². The van der Waals surface area contributed by atoms with Gasteiger partial charge in [-0.25, -0.2) is 0 Å². The molecule has 0 aliphatic heterocycles. The fourth-order valence-electron chi connectivity index (χ4n) is 2.84. The van der Waals surface area contributed by atoms with Gasteiger partial charge in [0.1, 0.15) is 0 Å². The molecule has 1 nitrogen and oxygen atoms in total. The van der Waals surface area contributed by atoms with Crippen LogP contribution in [0.4, 0.5) is 13.2 Å². The van der Waals surface area contributed by atoms with E-state index in [1.165, 1.54) is 6.07 Å². The largest absolute Gasteiger partial charge is 0.417 e. The lowest BCUT2D eigenvalue weighted by atomic mass is 9.79. The first-order valence-corrected chi connectivity index (χ1v) is 6.16. The lowest BCUT2D eigenvalue weighted by Crippen LogP contribution is -2.09. The summed E-state index contributed by atoms with van der Waals surface area (Å²) in [5.74, 6) is 0. The van der Waals surface area contributed by atoms with Crippen molar-refractivity contribution in [2.75, 3.05) is 0 Å². The van der Waals surface area contributed by atoms with Gasteiger partial charge >= 0.3 is 6.18 Å². The predicted octanol–water partition coefficient (Wildman–Crippen LogP) is 4.90. The summed E-state index contributed by atoms with van der Waals surface area (Å²) in [6.45, 7) is 0. The fraction of sp³-hybridized carbons (Fsp3) is 0.0625. The highest BCUT2D eigenvalue weighted by Gasteiger charge is 2.36. The maximum atomic E-state index is 13.2. The molecule has 0 spiro atoms. The Morgan fingerprint density at radius 2 is 1.55 bits per heavy atom. The molecular weight excluding hydrogens is 263 g/mol. The van der Waals surface area contributed by atoms with E-state index in [1.807, 2.05) is 24.3 Å². The third kappa shape index (κ3) is 1.36. The van der Waals surface area contributed by atoms with Gasteiger partial charge in [-0.05, 0) is 23.3 Å². The van der Waals surface area contributed by atoms with Crippen LogP contribution in [-0.2, 0) is 6.18 Å². The van der Waals surface area contributed by atoms with Crippen molar-refractivity contribution in [3.63, 3.8) is 0 Å². The Morgan fingerprint density at radius 3 is 2.30 bits per heavy atom. The standard InChI is InChI=1S/C16H8F3N/c17-16(18,19)12-6-3-7-13-15(12)14-10-5-2-1-4-9(10)11(14)8-20-13/h1-8H. The van der Waals surface area contributed by atoms with Crippen molar-refractivity contribution in [3.8, 4) is 22.3 Å². The molecule has 2 aromatic carbocycles. The van der Waals surface area contributed by atoms with Gasteiger partial charge in [0.2, 0.25) is 0 Å². The lowest BCUT2D eigenvalue weighted by molar-refractivity contribution is -0.136. The molecule has 1 heterocycles. The van der Waals surface area contributed by atoms with E-state index >= 15 is 0 Å². The summed E-state index contributed by atoms with van der Waals surface area (Å²) < 4.78 is 39.6. The van der Waals surface area contributed by atoms with Gasteiger partial charge in [0.15, 0.2) is 0 Å². The number of nitrogens with zero attached hydrogens (tertiary/aromatic N) is 1. The maximum absolute atomic E-state index is 13.2. The van der Waals surface area contributed by atoms with Crippen molar-refractivity contribution in [1.82, 2.24) is 4.98 Å². The molecule has 20 heavy (non-hydrogen) atoms. The average Bonchev–Trinajstić information content (AvgIpc) is 2.41. The first kappa shape index (κ1) is 11.5. The highest BCUT2D eigenvalue weighted by Crippen LogP contribution is 2.51. The molecule has 0 amide bonds. The van der Waals surface area contributed by atoms with E-state index in [4.69, 9.17) is 0 Å². The monoisotopic (exact) mass is 271 g/mol. The Balaban J connectivity index is 2.13. The van der Waals surface area contributed by atoms with Crippen molar-refractivity contribution in [2.24, 2.45) is 0 Å². The summed E-state index contributed by atoms with van der Waals surface area (Å²) in [5.41, 5.74) is 3.06. The minimum Gasteiger partial charge on any atom is -0.256 e. The molecule has 1 aliphatic rings. The fourth-order valence-corrected chi connectivity index (χ4v) is 2.84. The molecule has 0 bridgehead atoms. The summed E-state index contributed by atoms with van der Waals surface area (Å²) in [4.78, 5) is 4.17. The van der Waals surface area contributed by atoms with E-state index in [1.54, 1.807) is 12.3 Å². The number of alkyl halides is 3. The van der Waals surface area contributed by atoms with Crippen molar-refractivity contribution >= 4 is 10.9 Å². The van der Waals surface area contributed by atoms with E-state index in [9.17, 15) is 13.2 Å². The minimum atomic E-state index is -4.37. The molecule has 0 saturated carbocycles. The van der Waals surface area contributed by atoms with Crippen molar-refractivity contribution in [1.29, 1.82) is 0 Å². The van der Waals surface area contributed by atoms with Gasteiger partial charge in [0, 0.05) is 22.7 Å². The number of aromatic nitrogens is 1. The second-order valence-corrected chi connectivity index (χ2v) is 4.79. The SMILES string of the molecule is FC(F)(F)c1cccc2ncc3c(c12)-c1ccccc1-3. The normalized spacial score (nSPS) is 12.8. The molecule has 1 aliphatic carbocycles. The number of fused-ring (bicyclic) bond motifs is 6. The third-order valence-corrected chi connectivity index (χ3v) is 3.69. The van der Waals surface area contributed by atoms with Crippen LogP contribution in [0.2, 0.25) is 0 Å². The quantitative estimate of drug-likeness (QED) is 0.443. The minimum absolute atomic E-state index is 0.205. The van der Waals surface area contributed by atoms with Crippen molar-refractivity contribution in [3.05, 3.63) is 54.2 Å². The molecule has 1 aromatic heterocycles. The smallest absolute Gasteiger partial charge is 0.256 e. The van der Waals surface area contributed by atoms with E-state index in [2.05, 4.69) is 4.98 Å². The summed E-state index contributed by atoms with van der Waals surface area (Å²) in [7, 11) is 0. The van der Waals surface area contributed by atoms with Gasteiger partial charge in [0.25, 0.3) is 0 Å². The lowest BCUT2D eigenvalue weighted by Gasteiger charge is -2.26. The molecule has 0 N–H and O–H groups in total. The average molecular weight is 271 g/mol. The van der Waals surface area contributed by atoms with Crippen LogP contribution in [0.5, 0.6) is 0 Å². The second kappa shape index (κ2) is 3.60. The van der Waals surface area contributed by atoms with Gasteiger partial charge in [0.05, 0.1) is 11.1 Å². The van der Waals surface area contributed by atoms with Crippen LogP contribution in [-0.4, -0.2) is 4.98 Å². The van der Waals surface area contributed by atoms with Crippen LogP contribution in [0, 0.1) is 0 Å². The van der Waals surface area contributed by atoms with Gasteiger partial charge < -0.3 is 0 Å². The predicted molar refractivity (Wildman–Crippen MR) is 71.2 cm³/mol. The molecule has 0 unspecified atom stereocenters.